The molecule has 1 atom stereocenters. The van der Waals surface area contributed by atoms with Crippen molar-refractivity contribution < 1.29 is 28.0 Å². The maximum Gasteiger partial charge on any atom is 0.398 e. The van der Waals surface area contributed by atoms with Crippen LogP contribution in [-0.4, -0.2) is 41.5 Å². The van der Waals surface area contributed by atoms with Gasteiger partial charge in [-0.2, -0.15) is 0 Å². The van der Waals surface area contributed by atoms with E-state index in [4.69, 9.17) is 9.05 Å². The summed E-state index contributed by atoms with van der Waals surface area (Å²) in [5.74, 6) is -1.20. The molecule has 0 N–H and O–H groups in total. The molecule has 8 heteroatoms. The highest BCUT2D eigenvalue weighted by molar-refractivity contribution is 7.72. The smallest absolute Gasteiger partial charge is 0.303 e. The molecule has 3 rings (SSSR count). The van der Waals surface area contributed by atoms with Crippen LogP contribution in [0.25, 0.3) is 0 Å². The first-order valence-electron chi connectivity index (χ1n) is 9.37. The maximum atomic E-state index is 13.3. The summed E-state index contributed by atoms with van der Waals surface area (Å²) in [6.45, 7) is 3.16. The SMILES string of the molecule is CCOP(=O)(OCC)C(=O)[C@@H](Cc1ccccc1)N1C(=O)c2ccccc2C1=O. The fourth-order valence-electron chi connectivity index (χ4n) is 3.30. The van der Waals surface area contributed by atoms with Crippen LogP contribution < -0.4 is 0 Å². The number of imide groups is 1. The van der Waals surface area contributed by atoms with E-state index in [9.17, 15) is 18.9 Å². The lowest BCUT2D eigenvalue weighted by molar-refractivity contribution is -0.117. The van der Waals surface area contributed by atoms with E-state index in [0.29, 0.717) is 5.56 Å². The molecule has 2 aromatic carbocycles. The summed E-state index contributed by atoms with van der Waals surface area (Å²) in [4.78, 5) is 40.1. The first-order chi connectivity index (χ1) is 13.9. The Morgan fingerprint density at radius 3 is 1.86 bits per heavy atom. The van der Waals surface area contributed by atoms with Crippen molar-refractivity contribution in [2.45, 2.75) is 26.3 Å². The molecular formula is C21H22NO6P. The van der Waals surface area contributed by atoms with Crippen molar-refractivity contribution in [1.29, 1.82) is 0 Å². The standard InChI is InChI=1S/C21H22NO6P/c1-3-27-29(26,28-4-2)21(25)18(14-15-10-6-5-7-11-15)22-19(23)16-12-8-9-13-17(16)20(22)24/h5-13,18H,3-4,14H2,1-2H3/t18-/m1/s1. The Morgan fingerprint density at radius 1 is 0.897 bits per heavy atom. The third-order valence-corrected chi connectivity index (χ3v) is 6.60. The van der Waals surface area contributed by atoms with Crippen molar-refractivity contribution in [2.24, 2.45) is 0 Å². The van der Waals surface area contributed by atoms with E-state index in [2.05, 4.69) is 0 Å². The molecule has 1 aliphatic rings. The molecule has 1 aliphatic heterocycles. The van der Waals surface area contributed by atoms with Crippen molar-refractivity contribution in [2.75, 3.05) is 13.2 Å². The zero-order valence-electron chi connectivity index (χ0n) is 16.2. The first kappa shape index (κ1) is 21.1. The molecule has 0 saturated heterocycles. The molecule has 0 bridgehead atoms. The van der Waals surface area contributed by atoms with E-state index < -0.39 is 31.0 Å². The van der Waals surface area contributed by atoms with Crippen LogP contribution in [0.2, 0.25) is 0 Å². The molecule has 0 aliphatic carbocycles. The van der Waals surface area contributed by atoms with Gasteiger partial charge in [-0.3, -0.25) is 23.8 Å². The Labute approximate surface area is 169 Å². The minimum absolute atomic E-state index is 0.00921. The number of amides is 2. The normalized spacial score (nSPS) is 14.8. The van der Waals surface area contributed by atoms with Gasteiger partial charge in [-0.25, -0.2) is 0 Å². The number of benzene rings is 2. The second-order valence-corrected chi connectivity index (χ2v) is 8.35. The van der Waals surface area contributed by atoms with Crippen LogP contribution in [0.1, 0.15) is 40.1 Å². The van der Waals surface area contributed by atoms with Gasteiger partial charge < -0.3 is 9.05 Å². The molecule has 2 aromatic rings. The first-order valence-corrected chi connectivity index (χ1v) is 10.9. The van der Waals surface area contributed by atoms with E-state index in [1.807, 2.05) is 6.07 Å². The van der Waals surface area contributed by atoms with Crippen LogP contribution in [0.3, 0.4) is 0 Å². The van der Waals surface area contributed by atoms with Crippen molar-refractivity contribution in [3.8, 4) is 0 Å². The van der Waals surface area contributed by atoms with Crippen LogP contribution in [0.5, 0.6) is 0 Å². The monoisotopic (exact) mass is 415 g/mol. The highest BCUT2D eigenvalue weighted by Crippen LogP contribution is 2.51. The predicted octanol–water partition coefficient (Wildman–Crippen LogP) is 3.69. The van der Waals surface area contributed by atoms with Crippen molar-refractivity contribution in [3.63, 3.8) is 0 Å². The summed E-state index contributed by atoms with van der Waals surface area (Å²) in [6, 6.07) is 14.0. The molecule has 0 spiro atoms. The molecule has 29 heavy (non-hydrogen) atoms. The number of carbonyl (C=O) groups is 3. The van der Waals surface area contributed by atoms with Crippen molar-refractivity contribution >= 4 is 24.9 Å². The van der Waals surface area contributed by atoms with Crippen molar-refractivity contribution in [3.05, 3.63) is 71.3 Å². The zero-order chi connectivity index (χ0) is 21.0. The lowest BCUT2D eigenvalue weighted by Gasteiger charge is -2.28. The quantitative estimate of drug-likeness (QED) is 0.458. The van der Waals surface area contributed by atoms with Gasteiger partial charge in [0.1, 0.15) is 6.04 Å². The second-order valence-electron chi connectivity index (χ2n) is 6.40. The maximum absolute atomic E-state index is 13.3. The van der Waals surface area contributed by atoms with Gasteiger partial charge in [0, 0.05) is 6.42 Å². The molecule has 2 amide bonds. The number of rotatable bonds is 9. The molecular weight excluding hydrogens is 393 g/mol. The molecule has 0 saturated carbocycles. The largest absolute Gasteiger partial charge is 0.398 e. The van der Waals surface area contributed by atoms with Crippen molar-refractivity contribution in [1.82, 2.24) is 4.90 Å². The van der Waals surface area contributed by atoms with Crippen LogP contribution >= 0.6 is 7.60 Å². The number of hydrogen-bond acceptors (Lipinski definition) is 6. The average Bonchev–Trinajstić information content (AvgIpc) is 2.98. The fourth-order valence-corrected chi connectivity index (χ4v) is 4.88. The van der Waals surface area contributed by atoms with Gasteiger partial charge in [0.15, 0.2) is 0 Å². The molecule has 1 heterocycles. The lowest BCUT2D eigenvalue weighted by atomic mass is 10.1. The van der Waals surface area contributed by atoms with E-state index in [0.717, 1.165) is 4.90 Å². The second kappa shape index (κ2) is 8.82. The molecule has 0 radical (unpaired) electrons. The highest BCUT2D eigenvalue weighted by Gasteiger charge is 2.49. The van der Waals surface area contributed by atoms with Gasteiger partial charge >= 0.3 is 7.60 Å². The van der Waals surface area contributed by atoms with Gasteiger partial charge in [-0.05, 0) is 31.5 Å². The molecule has 7 nitrogen and oxygen atoms in total. The minimum Gasteiger partial charge on any atom is -0.303 e. The number of nitrogens with zero attached hydrogens (tertiary/aromatic N) is 1. The Morgan fingerprint density at radius 2 is 1.38 bits per heavy atom. The Hall–Kier alpha value is -2.60. The third-order valence-electron chi connectivity index (χ3n) is 4.56. The fraction of sp³-hybridized carbons (Fsp3) is 0.286. The van der Waals surface area contributed by atoms with E-state index in [1.54, 1.807) is 50.2 Å². The molecule has 152 valence electrons. The summed E-state index contributed by atoms with van der Waals surface area (Å²) in [6.07, 6.45) is 0.00921. The summed E-state index contributed by atoms with van der Waals surface area (Å²) in [5.41, 5.74) is 0.235. The van der Waals surface area contributed by atoms with Crippen LogP contribution in [0, 0.1) is 0 Å². The van der Waals surface area contributed by atoms with Gasteiger partial charge in [-0.15, -0.1) is 0 Å². The Bertz CT molecular complexity index is 929. The Kier molecular flexibility index (Phi) is 6.42. The average molecular weight is 415 g/mol. The van der Waals surface area contributed by atoms with Gasteiger partial charge in [0.2, 0.25) is 0 Å². The van der Waals surface area contributed by atoms with Gasteiger partial charge in [0.25, 0.3) is 17.3 Å². The topological polar surface area (TPSA) is 90.0 Å². The third kappa shape index (κ3) is 4.08. The molecule has 0 aromatic heterocycles. The van der Waals surface area contributed by atoms with Gasteiger partial charge in [0.05, 0.1) is 24.3 Å². The van der Waals surface area contributed by atoms with Crippen LogP contribution in [0.15, 0.2) is 54.6 Å². The molecule has 0 fully saturated rings. The van der Waals surface area contributed by atoms with Gasteiger partial charge in [-0.1, -0.05) is 42.5 Å². The summed E-state index contributed by atoms with van der Waals surface area (Å²) < 4.78 is 23.5. The highest BCUT2D eigenvalue weighted by atomic mass is 31.2. The lowest BCUT2D eigenvalue weighted by Crippen LogP contribution is -2.46. The van der Waals surface area contributed by atoms with E-state index >= 15 is 0 Å². The molecule has 0 unspecified atom stereocenters. The summed E-state index contributed by atoms with van der Waals surface area (Å²) in [7, 11) is -4.19. The minimum atomic E-state index is -4.19. The van der Waals surface area contributed by atoms with E-state index in [1.165, 1.54) is 12.1 Å². The predicted molar refractivity (Wildman–Crippen MR) is 107 cm³/mol. The summed E-state index contributed by atoms with van der Waals surface area (Å²) in [5, 5.41) is 0. The van der Waals surface area contributed by atoms with E-state index in [-0.39, 0.29) is 30.8 Å². The summed E-state index contributed by atoms with van der Waals surface area (Å²) >= 11 is 0. The zero-order valence-corrected chi connectivity index (χ0v) is 17.1. The van der Waals surface area contributed by atoms with Crippen LogP contribution in [0.4, 0.5) is 0 Å². The number of hydrogen-bond donors (Lipinski definition) is 0. The number of carbonyl (C=O) groups excluding carboxylic acids is 3. The Balaban J connectivity index is 2.05. The number of fused-ring (bicyclic) bond motifs is 1. The van der Waals surface area contributed by atoms with Crippen LogP contribution in [-0.2, 0) is 24.8 Å².